The maximum atomic E-state index is 10.6. The zero-order chi connectivity index (χ0) is 20.5. The van der Waals surface area contributed by atoms with Crippen LogP contribution in [0.1, 0.15) is 43.2 Å². The van der Waals surface area contributed by atoms with E-state index in [-0.39, 0.29) is 6.42 Å². The second-order valence-corrected chi connectivity index (χ2v) is 7.78. The Kier molecular flexibility index (Phi) is 7.68. The van der Waals surface area contributed by atoms with Crippen molar-refractivity contribution >= 4 is 11.9 Å². The molecule has 0 bridgehead atoms. The molecule has 5 heteroatoms. The van der Waals surface area contributed by atoms with Crippen LogP contribution in [0.25, 0.3) is 0 Å². The molecule has 29 heavy (non-hydrogen) atoms. The molecule has 0 amide bonds. The van der Waals surface area contributed by atoms with Gasteiger partial charge in [-0.05, 0) is 73.8 Å². The van der Waals surface area contributed by atoms with Crippen LogP contribution < -0.4 is 10.1 Å². The lowest BCUT2D eigenvalue weighted by molar-refractivity contribution is -0.140. The Balaban J connectivity index is 1.33. The second-order valence-electron chi connectivity index (χ2n) is 7.78. The minimum Gasteiger partial charge on any atom is -0.493 e. The van der Waals surface area contributed by atoms with Crippen molar-refractivity contribution in [1.82, 2.24) is 0 Å². The van der Waals surface area contributed by atoms with Gasteiger partial charge in [0.2, 0.25) is 0 Å². The first-order valence-electron chi connectivity index (χ1n) is 10.3. The van der Waals surface area contributed by atoms with Crippen LogP contribution in [0.3, 0.4) is 0 Å². The molecule has 2 aromatic rings. The molecule has 0 radical (unpaired) electrons. The number of nitrogens with two attached hydrogens (primary N) is 1. The molecule has 0 aromatic heterocycles. The van der Waals surface area contributed by atoms with Crippen molar-refractivity contribution in [3.63, 3.8) is 0 Å². The Morgan fingerprint density at radius 3 is 2.17 bits per heavy atom. The van der Waals surface area contributed by atoms with Gasteiger partial charge in [-0.15, -0.1) is 0 Å². The molecule has 5 nitrogen and oxygen atoms in total. The summed E-state index contributed by atoms with van der Waals surface area (Å²) in [6.07, 6.45) is 5.23. The lowest BCUT2D eigenvalue weighted by atomic mass is 9.83. The van der Waals surface area contributed by atoms with Gasteiger partial charge in [0.05, 0.1) is 18.8 Å². The predicted molar refractivity (Wildman–Crippen MR) is 112 cm³/mol. The summed E-state index contributed by atoms with van der Waals surface area (Å²) in [6.45, 7) is 1.40. The average Bonchev–Trinajstić information content (AvgIpc) is 2.76. The van der Waals surface area contributed by atoms with Gasteiger partial charge in [0.1, 0.15) is 5.75 Å². The number of ether oxygens (including phenoxy) is 2. The highest BCUT2D eigenvalue weighted by atomic mass is 16.5. The molecule has 2 aromatic carbocycles. The van der Waals surface area contributed by atoms with E-state index in [4.69, 9.17) is 20.0 Å². The number of aliphatic carboxylic acids is 1. The Bertz CT molecular complexity index is 780. The lowest BCUT2D eigenvalue weighted by Crippen LogP contribution is -2.43. The minimum absolute atomic E-state index is 0.155. The van der Waals surface area contributed by atoms with Crippen molar-refractivity contribution in [1.29, 1.82) is 0 Å². The molecule has 0 heterocycles. The van der Waals surface area contributed by atoms with Crippen LogP contribution in [0.2, 0.25) is 0 Å². The van der Waals surface area contributed by atoms with Gasteiger partial charge >= 0.3 is 11.9 Å². The Labute approximate surface area is 172 Å². The molecule has 0 saturated heterocycles. The van der Waals surface area contributed by atoms with Crippen LogP contribution in [0.5, 0.6) is 5.75 Å². The summed E-state index contributed by atoms with van der Waals surface area (Å²) in [4.78, 5) is 10.6. The molecule has 1 fully saturated rings. The van der Waals surface area contributed by atoms with Crippen LogP contribution in [-0.2, 0) is 16.0 Å². The summed E-state index contributed by atoms with van der Waals surface area (Å²) < 4.78 is 11.7. The van der Waals surface area contributed by atoms with Crippen molar-refractivity contribution in [2.24, 2.45) is 11.8 Å². The molecule has 0 spiro atoms. The van der Waals surface area contributed by atoms with E-state index in [9.17, 15) is 4.79 Å². The number of carbonyl (C=O) groups is 1. The van der Waals surface area contributed by atoms with Crippen molar-refractivity contribution in [3.8, 4) is 5.75 Å². The summed E-state index contributed by atoms with van der Waals surface area (Å²) in [5.74, 6) is 1.69. The van der Waals surface area contributed by atoms with Gasteiger partial charge < -0.3 is 14.6 Å². The van der Waals surface area contributed by atoms with E-state index < -0.39 is 5.97 Å². The number of carboxylic acids is 1. The Morgan fingerprint density at radius 2 is 1.55 bits per heavy atom. The monoisotopic (exact) mass is 396 g/mol. The standard InChI is InChI=1S/C24H29NO4/c25-24(21-4-2-1-3-5-21)29-17-20-8-6-19(7-9-20)16-28-22-13-10-18(11-14-22)12-15-23(26)27/h1-5,10-11,13-14,19-20,25H,6-9,12,15-17H2,(H,26,27)/p+1. The fourth-order valence-electron chi connectivity index (χ4n) is 3.68. The van der Waals surface area contributed by atoms with Gasteiger partial charge in [0.25, 0.3) is 0 Å². The van der Waals surface area contributed by atoms with E-state index in [0.717, 1.165) is 49.2 Å². The van der Waals surface area contributed by atoms with Crippen LogP contribution in [-0.4, -0.2) is 30.2 Å². The topological polar surface area (TPSA) is 81.3 Å². The molecule has 1 saturated carbocycles. The van der Waals surface area contributed by atoms with Gasteiger partial charge in [-0.1, -0.05) is 30.3 Å². The minimum atomic E-state index is -0.771. The first-order chi connectivity index (χ1) is 14.1. The summed E-state index contributed by atoms with van der Waals surface area (Å²) in [6, 6.07) is 17.6. The molecule has 3 N–H and O–H groups in total. The molecule has 0 atom stereocenters. The molecular weight excluding hydrogens is 366 g/mol. The first-order valence-corrected chi connectivity index (χ1v) is 10.3. The number of hydrogen-bond donors (Lipinski definition) is 2. The zero-order valence-electron chi connectivity index (χ0n) is 16.8. The third-order valence-electron chi connectivity index (χ3n) is 5.54. The van der Waals surface area contributed by atoms with Crippen LogP contribution in [0.4, 0.5) is 0 Å². The number of rotatable bonds is 9. The molecule has 0 aliphatic heterocycles. The van der Waals surface area contributed by atoms with Gasteiger partial charge in [0, 0.05) is 6.42 Å². The Hall–Kier alpha value is -2.82. The van der Waals surface area contributed by atoms with E-state index in [0.29, 0.717) is 30.8 Å². The summed E-state index contributed by atoms with van der Waals surface area (Å²) >= 11 is 0. The van der Waals surface area contributed by atoms with Gasteiger partial charge in [-0.25, -0.2) is 5.41 Å². The highest BCUT2D eigenvalue weighted by Crippen LogP contribution is 2.29. The molecular formula is C24H30NO4+. The van der Waals surface area contributed by atoms with Crippen LogP contribution in [0, 0.1) is 11.8 Å². The van der Waals surface area contributed by atoms with Crippen molar-refractivity contribution in [2.75, 3.05) is 13.2 Å². The van der Waals surface area contributed by atoms with E-state index in [1.165, 1.54) is 0 Å². The fraction of sp³-hybridized carbons (Fsp3) is 0.417. The zero-order valence-corrected chi connectivity index (χ0v) is 16.8. The van der Waals surface area contributed by atoms with Gasteiger partial charge in [-0.3, -0.25) is 4.79 Å². The van der Waals surface area contributed by atoms with Crippen molar-refractivity contribution in [3.05, 3.63) is 65.7 Å². The fourth-order valence-corrected chi connectivity index (χ4v) is 3.68. The molecule has 154 valence electrons. The van der Waals surface area contributed by atoms with Crippen molar-refractivity contribution < 1.29 is 24.8 Å². The predicted octanol–water partition coefficient (Wildman–Crippen LogP) is 3.11. The van der Waals surface area contributed by atoms with Gasteiger partial charge in [-0.2, -0.15) is 0 Å². The summed E-state index contributed by atoms with van der Waals surface area (Å²) in [5, 5.41) is 14.8. The maximum Gasteiger partial charge on any atom is 0.366 e. The SMILES string of the molecule is [NH2+]=C(OCC1CCC(COc2ccc(CCC(=O)O)cc2)CC1)c1ccccc1. The highest BCUT2D eigenvalue weighted by Gasteiger charge is 2.23. The normalized spacial score (nSPS) is 18.8. The number of carboxylic acid groups (broad SMARTS) is 1. The number of aryl methyl sites for hydroxylation is 1. The van der Waals surface area contributed by atoms with Crippen LogP contribution >= 0.6 is 0 Å². The first kappa shape index (κ1) is 20.9. The largest absolute Gasteiger partial charge is 0.493 e. The molecule has 0 unspecified atom stereocenters. The molecule has 3 rings (SSSR count). The Morgan fingerprint density at radius 1 is 0.931 bits per heavy atom. The maximum absolute atomic E-state index is 10.6. The number of hydrogen-bond acceptors (Lipinski definition) is 3. The van der Waals surface area contributed by atoms with Gasteiger partial charge in [0.15, 0.2) is 0 Å². The van der Waals surface area contributed by atoms with Crippen molar-refractivity contribution in [2.45, 2.75) is 38.5 Å². The van der Waals surface area contributed by atoms with Crippen LogP contribution in [0.15, 0.2) is 54.6 Å². The number of benzene rings is 2. The third-order valence-corrected chi connectivity index (χ3v) is 5.54. The van der Waals surface area contributed by atoms with E-state index >= 15 is 0 Å². The van der Waals surface area contributed by atoms with E-state index in [1.807, 2.05) is 54.6 Å². The molecule has 1 aliphatic rings. The lowest BCUT2D eigenvalue weighted by Gasteiger charge is -2.28. The highest BCUT2D eigenvalue weighted by molar-refractivity contribution is 5.89. The summed E-state index contributed by atoms with van der Waals surface area (Å²) in [5.41, 5.74) is 1.95. The van der Waals surface area contributed by atoms with E-state index in [1.54, 1.807) is 0 Å². The quantitative estimate of drug-likeness (QED) is 0.504. The second kappa shape index (κ2) is 10.6. The third kappa shape index (κ3) is 6.93. The van der Waals surface area contributed by atoms with E-state index in [2.05, 4.69) is 0 Å². The smallest absolute Gasteiger partial charge is 0.366 e. The average molecular weight is 397 g/mol. The molecule has 1 aliphatic carbocycles. The summed E-state index contributed by atoms with van der Waals surface area (Å²) in [7, 11) is 0.